The van der Waals surface area contributed by atoms with Crippen LogP contribution in [-0.2, 0) is 10.2 Å². The molecule has 0 radical (unpaired) electrons. The fraction of sp³-hybridized carbons (Fsp3) is 0.263. The predicted molar refractivity (Wildman–Crippen MR) is 92.9 cm³/mol. The van der Waals surface area contributed by atoms with E-state index in [0.29, 0.717) is 5.56 Å². The van der Waals surface area contributed by atoms with E-state index in [4.69, 9.17) is 4.74 Å². The van der Waals surface area contributed by atoms with Gasteiger partial charge in [-0.1, -0.05) is 45.0 Å². The Morgan fingerprint density at radius 1 is 1.04 bits per heavy atom. The number of hydrogen-bond acceptors (Lipinski definition) is 5. The number of benzene rings is 2. The highest BCUT2D eigenvalue weighted by Crippen LogP contribution is 2.22. The third-order valence-electron chi connectivity index (χ3n) is 3.70. The summed E-state index contributed by atoms with van der Waals surface area (Å²) in [6, 6.07) is 12.3. The molecule has 0 bridgehead atoms. The molecule has 130 valence electrons. The molecule has 0 fully saturated rings. The summed E-state index contributed by atoms with van der Waals surface area (Å²) >= 11 is 0. The summed E-state index contributed by atoms with van der Waals surface area (Å²) in [5.74, 6) is -1.11. The summed E-state index contributed by atoms with van der Waals surface area (Å²) in [4.78, 5) is 34.2. The molecule has 2 aromatic rings. The van der Waals surface area contributed by atoms with Gasteiger partial charge in [0.1, 0.15) is 0 Å². The molecule has 0 N–H and O–H groups in total. The first-order valence-corrected chi connectivity index (χ1v) is 7.74. The van der Waals surface area contributed by atoms with Gasteiger partial charge in [0, 0.05) is 17.7 Å². The van der Waals surface area contributed by atoms with E-state index in [1.807, 2.05) is 12.1 Å². The Hall–Kier alpha value is -3.02. The Kier molecular flexibility index (Phi) is 5.32. The van der Waals surface area contributed by atoms with Gasteiger partial charge in [-0.2, -0.15) is 0 Å². The Labute approximate surface area is 145 Å². The minimum absolute atomic E-state index is 0.0274. The van der Waals surface area contributed by atoms with Crippen molar-refractivity contribution in [3.63, 3.8) is 0 Å². The van der Waals surface area contributed by atoms with Crippen LogP contribution in [0.25, 0.3) is 0 Å². The van der Waals surface area contributed by atoms with Crippen molar-refractivity contribution in [2.75, 3.05) is 6.61 Å². The highest BCUT2D eigenvalue weighted by molar-refractivity contribution is 5.99. The molecule has 2 rings (SSSR count). The van der Waals surface area contributed by atoms with Gasteiger partial charge in [-0.15, -0.1) is 0 Å². The number of ether oxygens (including phenoxy) is 1. The van der Waals surface area contributed by atoms with Crippen molar-refractivity contribution >= 4 is 17.4 Å². The standard InChI is InChI=1S/C19H19NO5/c1-19(2,3)15-9-7-13(8-10-15)18(22)25-12-17(21)14-5-4-6-16(11-14)20(23)24/h4-11H,12H2,1-3H3. The van der Waals surface area contributed by atoms with Gasteiger partial charge in [-0.05, 0) is 23.1 Å². The fourth-order valence-corrected chi connectivity index (χ4v) is 2.20. The molecule has 0 unspecified atom stereocenters. The summed E-state index contributed by atoms with van der Waals surface area (Å²) in [6.07, 6.45) is 0. The van der Waals surface area contributed by atoms with Crippen molar-refractivity contribution in [1.82, 2.24) is 0 Å². The number of Topliss-reactive ketones (excluding diaryl/α,β-unsaturated/α-hetero) is 1. The van der Waals surface area contributed by atoms with Gasteiger partial charge in [0.2, 0.25) is 5.78 Å². The van der Waals surface area contributed by atoms with E-state index in [-0.39, 0.29) is 16.7 Å². The monoisotopic (exact) mass is 341 g/mol. The van der Waals surface area contributed by atoms with E-state index in [1.54, 1.807) is 12.1 Å². The number of rotatable bonds is 5. The Morgan fingerprint density at radius 2 is 1.68 bits per heavy atom. The summed E-state index contributed by atoms with van der Waals surface area (Å²) in [7, 11) is 0. The molecule has 0 saturated heterocycles. The molecule has 0 atom stereocenters. The van der Waals surface area contributed by atoms with Crippen molar-refractivity contribution < 1.29 is 19.2 Å². The summed E-state index contributed by atoms with van der Waals surface area (Å²) in [5.41, 5.74) is 1.34. The number of nitrogens with zero attached hydrogens (tertiary/aromatic N) is 1. The lowest BCUT2D eigenvalue weighted by Crippen LogP contribution is -2.15. The first-order chi connectivity index (χ1) is 11.7. The van der Waals surface area contributed by atoms with Gasteiger partial charge in [0.25, 0.3) is 5.69 Å². The van der Waals surface area contributed by atoms with Crippen LogP contribution in [-0.4, -0.2) is 23.3 Å². The second-order valence-electron chi connectivity index (χ2n) is 6.63. The van der Waals surface area contributed by atoms with E-state index in [1.165, 1.54) is 18.2 Å². The SMILES string of the molecule is CC(C)(C)c1ccc(C(=O)OCC(=O)c2cccc([N+](=O)[O-])c2)cc1. The minimum atomic E-state index is -0.612. The fourth-order valence-electron chi connectivity index (χ4n) is 2.20. The van der Waals surface area contributed by atoms with Crippen LogP contribution >= 0.6 is 0 Å². The smallest absolute Gasteiger partial charge is 0.338 e. The van der Waals surface area contributed by atoms with Crippen molar-refractivity contribution in [3.05, 3.63) is 75.3 Å². The quantitative estimate of drug-likeness (QED) is 0.356. The maximum Gasteiger partial charge on any atom is 0.338 e. The zero-order chi connectivity index (χ0) is 18.6. The lowest BCUT2D eigenvalue weighted by molar-refractivity contribution is -0.384. The number of carbonyl (C=O) groups excluding carboxylic acids is 2. The van der Waals surface area contributed by atoms with Crippen LogP contribution in [0.5, 0.6) is 0 Å². The average molecular weight is 341 g/mol. The minimum Gasteiger partial charge on any atom is -0.454 e. The summed E-state index contributed by atoms with van der Waals surface area (Å²) in [5, 5.41) is 10.7. The number of nitro benzene ring substituents is 1. The van der Waals surface area contributed by atoms with Gasteiger partial charge < -0.3 is 4.74 Å². The maximum absolute atomic E-state index is 12.0. The molecule has 6 heteroatoms. The molecule has 0 heterocycles. The first kappa shape index (κ1) is 18.3. The lowest BCUT2D eigenvalue weighted by atomic mass is 9.87. The molecule has 6 nitrogen and oxygen atoms in total. The molecule has 25 heavy (non-hydrogen) atoms. The second-order valence-corrected chi connectivity index (χ2v) is 6.63. The third kappa shape index (κ3) is 4.73. The van der Waals surface area contributed by atoms with Crippen LogP contribution in [0.2, 0.25) is 0 Å². The van der Waals surface area contributed by atoms with Crippen molar-refractivity contribution in [2.45, 2.75) is 26.2 Å². The molecule has 0 saturated carbocycles. The van der Waals surface area contributed by atoms with Crippen LogP contribution in [0.4, 0.5) is 5.69 Å². The summed E-state index contributed by atoms with van der Waals surface area (Å²) < 4.78 is 5.01. The van der Waals surface area contributed by atoms with Gasteiger partial charge >= 0.3 is 5.97 Å². The van der Waals surface area contributed by atoms with Gasteiger partial charge in [-0.25, -0.2) is 4.79 Å². The van der Waals surface area contributed by atoms with Crippen LogP contribution in [0.3, 0.4) is 0 Å². The number of hydrogen-bond donors (Lipinski definition) is 0. The number of carbonyl (C=O) groups is 2. The van der Waals surface area contributed by atoms with Crippen molar-refractivity contribution in [2.24, 2.45) is 0 Å². The highest BCUT2D eigenvalue weighted by atomic mass is 16.6. The van der Waals surface area contributed by atoms with E-state index in [0.717, 1.165) is 11.6 Å². The molecule has 0 aliphatic heterocycles. The molecule has 0 spiro atoms. The second kappa shape index (κ2) is 7.25. The number of non-ortho nitro benzene ring substituents is 1. The largest absolute Gasteiger partial charge is 0.454 e. The number of esters is 1. The predicted octanol–water partition coefficient (Wildman–Crippen LogP) is 3.93. The maximum atomic E-state index is 12.0. The van der Waals surface area contributed by atoms with E-state index >= 15 is 0 Å². The van der Waals surface area contributed by atoms with Gasteiger partial charge in [0.05, 0.1) is 10.5 Å². The molecule has 2 aromatic carbocycles. The first-order valence-electron chi connectivity index (χ1n) is 7.74. The molecule has 0 aliphatic carbocycles. The Morgan fingerprint density at radius 3 is 2.24 bits per heavy atom. The Balaban J connectivity index is 2.01. The molecule has 0 aromatic heterocycles. The average Bonchev–Trinajstić information content (AvgIpc) is 2.58. The summed E-state index contributed by atoms with van der Waals surface area (Å²) in [6.45, 7) is 5.73. The van der Waals surface area contributed by atoms with Crippen molar-refractivity contribution in [1.29, 1.82) is 0 Å². The van der Waals surface area contributed by atoms with Gasteiger partial charge in [-0.3, -0.25) is 14.9 Å². The Bertz CT molecular complexity index is 803. The highest BCUT2D eigenvalue weighted by Gasteiger charge is 2.17. The van der Waals surface area contributed by atoms with Crippen LogP contribution in [0.15, 0.2) is 48.5 Å². The van der Waals surface area contributed by atoms with Crippen LogP contribution in [0, 0.1) is 10.1 Å². The zero-order valence-electron chi connectivity index (χ0n) is 14.3. The van der Waals surface area contributed by atoms with Crippen LogP contribution < -0.4 is 0 Å². The molecule has 0 amide bonds. The van der Waals surface area contributed by atoms with E-state index < -0.39 is 23.3 Å². The molecular weight excluding hydrogens is 322 g/mol. The van der Waals surface area contributed by atoms with Crippen molar-refractivity contribution in [3.8, 4) is 0 Å². The van der Waals surface area contributed by atoms with E-state index in [2.05, 4.69) is 20.8 Å². The molecular formula is C19H19NO5. The molecule has 0 aliphatic rings. The van der Waals surface area contributed by atoms with Gasteiger partial charge in [0.15, 0.2) is 6.61 Å². The zero-order valence-corrected chi connectivity index (χ0v) is 14.3. The lowest BCUT2D eigenvalue weighted by Gasteiger charge is -2.18. The number of ketones is 1. The third-order valence-corrected chi connectivity index (χ3v) is 3.70. The topological polar surface area (TPSA) is 86.5 Å². The normalized spacial score (nSPS) is 11.0. The number of nitro groups is 1. The van der Waals surface area contributed by atoms with Crippen LogP contribution in [0.1, 0.15) is 47.1 Å². The van der Waals surface area contributed by atoms with E-state index in [9.17, 15) is 19.7 Å².